The van der Waals surface area contributed by atoms with E-state index < -0.39 is 0 Å². The van der Waals surface area contributed by atoms with Crippen molar-refractivity contribution >= 4 is 5.91 Å². The molecule has 4 heteroatoms. The van der Waals surface area contributed by atoms with Gasteiger partial charge in [0.05, 0.1) is 13.2 Å². The van der Waals surface area contributed by atoms with E-state index in [-0.39, 0.29) is 5.41 Å². The molecule has 2 saturated heterocycles. The summed E-state index contributed by atoms with van der Waals surface area (Å²) in [6.07, 6.45) is 5.70. The highest BCUT2D eigenvalue weighted by Gasteiger charge is 2.48. The first-order chi connectivity index (χ1) is 12.7. The summed E-state index contributed by atoms with van der Waals surface area (Å²) in [6, 6.07) is 7.62. The van der Waals surface area contributed by atoms with Crippen molar-refractivity contribution in [2.45, 2.75) is 50.5 Å². The summed E-state index contributed by atoms with van der Waals surface area (Å²) in [5, 5.41) is 0. The Morgan fingerprint density at radius 2 is 1.85 bits per heavy atom. The first kappa shape index (κ1) is 16.8. The number of rotatable bonds is 2. The number of benzene rings is 1. The van der Waals surface area contributed by atoms with Crippen LogP contribution in [0, 0.1) is 12.8 Å². The Morgan fingerprint density at radius 3 is 2.54 bits per heavy atom. The van der Waals surface area contributed by atoms with Gasteiger partial charge in [0.25, 0.3) is 0 Å². The zero-order valence-corrected chi connectivity index (χ0v) is 15.9. The Balaban J connectivity index is 1.41. The van der Waals surface area contributed by atoms with Gasteiger partial charge in [-0.15, -0.1) is 0 Å². The predicted octanol–water partition coefficient (Wildman–Crippen LogP) is 3.04. The van der Waals surface area contributed by atoms with Crippen LogP contribution in [0.25, 0.3) is 0 Å². The van der Waals surface area contributed by atoms with Gasteiger partial charge in [-0.2, -0.15) is 0 Å². The monoisotopic (exact) mass is 354 g/mol. The third kappa shape index (κ3) is 2.78. The standard InChI is InChI=1S/C22H30N2O2/c1-16-2-5-18-19(14-16)22(15-20(18)23-10-12-26-13-11-23)6-8-24(9-7-22)21(25)17-3-4-17/h2,5,14,17,20H,3-4,6-13,15H2,1H3/t20-/m0/s1. The molecule has 0 N–H and O–H groups in total. The average Bonchev–Trinajstić information content (AvgIpc) is 3.48. The molecule has 4 nitrogen and oxygen atoms in total. The number of amides is 1. The van der Waals surface area contributed by atoms with E-state index in [0.29, 0.717) is 17.9 Å². The number of piperidine rings is 1. The van der Waals surface area contributed by atoms with Gasteiger partial charge in [-0.1, -0.05) is 23.8 Å². The van der Waals surface area contributed by atoms with Crippen LogP contribution in [-0.4, -0.2) is 55.1 Å². The van der Waals surface area contributed by atoms with Crippen molar-refractivity contribution in [3.63, 3.8) is 0 Å². The summed E-state index contributed by atoms with van der Waals surface area (Å²) < 4.78 is 5.59. The van der Waals surface area contributed by atoms with Gasteiger partial charge in [0.2, 0.25) is 5.91 Å². The minimum Gasteiger partial charge on any atom is -0.379 e. The summed E-state index contributed by atoms with van der Waals surface area (Å²) in [5.74, 6) is 0.773. The number of likely N-dealkylation sites (tertiary alicyclic amines) is 1. The highest BCUT2D eigenvalue weighted by atomic mass is 16.5. The van der Waals surface area contributed by atoms with E-state index in [1.165, 1.54) is 12.0 Å². The second-order valence-corrected chi connectivity index (χ2v) is 8.84. The van der Waals surface area contributed by atoms with Gasteiger partial charge in [-0.05, 0) is 50.2 Å². The van der Waals surface area contributed by atoms with Gasteiger partial charge < -0.3 is 9.64 Å². The number of carbonyl (C=O) groups is 1. The number of fused-ring (bicyclic) bond motifs is 2. The lowest BCUT2D eigenvalue weighted by Gasteiger charge is -2.41. The highest BCUT2D eigenvalue weighted by molar-refractivity contribution is 5.81. The van der Waals surface area contributed by atoms with Crippen molar-refractivity contribution in [1.82, 2.24) is 9.80 Å². The van der Waals surface area contributed by atoms with Crippen LogP contribution in [0.5, 0.6) is 0 Å². The first-order valence-corrected chi connectivity index (χ1v) is 10.4. The molecule has 0 bridgehead atoms. The minimum atomic E-state index is 0.269. The molecule has 2 heterocycles. The molecule has 2 aliphatic heterocycles. The van der Waals surface area contributed by atoms with Crippen molar-refractivity contribution in [3.05, 3.63) is 34.9 Å². The zero-order chi connectivity index (χ0) is 17.7. The third-order valence-electron chi connectivity index (χ3n) is 7.17. The molecule has 1 atom stereocenters. The van der Waals surface area contributed by atoms with Crippen molar-refractivity contribution < 1.29 is 9.53 Å². The fraction of sp³-hybridized carbons (Fsp3) is 0.682. The van der Waals surface area contributed by atoms with Crippen LogP contribution in [-0.2, 0) is 14.9 Å². The topological polar surface area (TPSA) is 32.8 Å². The summed E-state index contributed by atoms with van der Waals surface area (Å²) >= 11 is 0. The molecule has 0 unspecified atom stereocenters. The number of carbonyl (C=O) groups excluding carboxylic acids is 1. The number of ether oxygens (including phenoxy) is 1. The molecule has 1 saturated carbocycles. The van der Waals surface area contributed by atoms with Gasteiger partial charge in [0.1, 0.15) is 0 Å². The number of aryl methyl sites for hydroxylation is 1. The predicted molar refractivity (Wildman–Crippen MR) is 101 cm³/mol. The molecule has 5 rings (SSSR count). The molecule has 4 aliphatic rings. The van der Waals surface area contributed by atoms with E-state index in [9.17, 15) is 4.79 Å². The first-order valence-electron chi connectivity index (χ1n) is 10.4. The van der Waals surface area contributed by atoms with Crippen LogP contribution in [0.15, 0.2) is 18.2 Å². The average molecular weight is 354 g/mol. The molecule has 1 aromatic carbocycles. The Morgan fingerprint density at radius 1 is 1.12 bits per heavy atom. The maximum absolute atomic E-state index is 12.5. The van der Waals surface area contributed by atoms with E-state index in [1.807, 2.05) is 0 Å². The van der Waals surface area contributed by atoms with Crippen LogP contribution in [0.3, 0.4) is 0 Å². The summed E-state index contributed by atoms with van der Waals surface area (Å²) in [5.41, 5.74) is 4.75. The Labute approximate surface area is 156 Å². The normalized spacial score (nSPS) is 28.3. The largest absolute Gasteiger partial charge is 0.379 e. The molecule has 1 amide bonds. The van der Waals surface area contributed by atoms with Crippen LogP contribution in [0.4, 0.5) is 0 Å². The number of morpholine rings is 1. The zero-order valence-electron chi connectivity index (χ0n) is 15.9. The lowest BCUT2D eigenvalue weighted by atomic mass is 9.73. The molecule has 1 spiro atoms. The van der Waals surface area contributed by atoms with E-state index >= 15 is 0 Å². The molecular weight excluding hydrogens is 324 g/mol. The third-order valence-corrected chi connectivity index (χ3v) is 7.17. The molecule has 0 radical (unpaired) electrons. The molecule has 2 aliphatic carbocycles. The summed E-state index contributed by atoms with van der Waals surface area (Å²) in [4.78, 5) is 17.3. The lowest BCUT2D eigenvalue weighted by Crippen LogP contribution is -2.45. The molecule has 26 heavy (non-hydrogen) atoms. The second-order valence-electron chi connectivity index (χ2n) is 8.84. The van der Waals surface area contributed by atoms with Crippen molar-refractivity contribution in [1.29, 1.82) is 0 Å². The van der Waals surface area contributed by atoms with Gasteiger partial charge in [0.15, 0.2) is 0 Å². The van der Waals surface area contributed by atoms with Crippen LogP contribution in [0.2, 0.25) is 0 Å². The lowest BCUT2D eigenvalue weighted by molar-refractivity contribution is -0.134. The van der Waals surface area contributed by atoms with E-state index in [1.54, 1.807) is 11.1 Å². The molecule has 1 aromatic rings. The van der Waals surface area contributed by atoms with Crippen LogP contribution >= 0.6 is 0 Å². The summed E-state index contributed by atoms with van der Waals surface area (Å²) in [6.45, 7) is 7.89. The number of nitrogens with zero attached hydrogens (tertiary/aromatic N) is 2. The highest BCUT2D eigenvalue weighted by Crippen LogP contribution is 2.53. The smallest absolute Gasteiger partial charge is 0.225 e. The van der Waals surface area contributed by atoms with Crippen LogP contribution < -0.4 is 0 Å². The van der Waals surface area contributed by atoms with Crippen LogP contribution in [0.1, 0.15) is 54.8 Å². The Bertz CT molecular complexity index is 698. The molecule has 3 fully saturated rings. The maximum Gasteiger partial charge on any atom is 0.225 e. The second kappa shape index (κ2) is 6.35. The van der Waals surface area contributed by atoms with Gasteiger partial charge in [-0.25, -0.2) is 0 Å². The minimum absolute atomic E-state index is 0.269. The van der Waals surface area contributed by atoms with Gasteiger partial charge in [0, 0.05) is 43.6 Å². The van der Waals surface area contributed by atoms with Crippen molar-refractivity contribution in [3.8, 4) is 0 Å². The number of hydrogen-bond acceptors (Lipinski definition) is 3. The molecule has 0 aromatic heterocycles. The Kier molecular flexibility index (Phi) is 4.09. The quantitative estimate of drug-likeness (QED) is 0.818. The number of hydrogen-bond donors (Lipinski definition) is 0. The van der Waals surface area contributed by atoms with E-state index in [0.717, 1.165) is 65.1 Å². The fourth-order valence-electron chi connectivity index (χ4n) is 5.44. The van der Waals surface area contributed by atoms with Crippen molar-refractivity contribution in [2.75, 3.05) is 39.4 Å². The Hall–Kier alpha value is -1.39. The van der Waals surface area contributed by atoms with Crippen molar-refractivity contribution in [2.24, 2.45) is 5.92 Å². The van der Waals surface area contributed by atoms with Gasteiger partial charge >= 0.3 is 0 Å². The fourth-order valence-corrected chi connectivity index (χ4v) is 5.44. The molecular formula is C22H30N2O2. The summed E-state index contributed by atoms with van der Waals surface area (Å²) in [7, 11) is 0. The SMILES string of the molecule is Cc1ccc2c(c1)C1(CCN(C(=O)C3CC3)CC1)C[C@@H]2N1CCOCC1. The van der Waals surface area contributed by atoms with Gasteiger partial charge in [-0.3, -0.25) is 9.69 Å². The van der Waals surface area contributed by atoms with E-state index in [2.05, 4.69) is 34.9 Å². The maximum atomic E-state index is 12.5. The molecule has 140 valence electrons. The van der Waals surface area contributed by atoms with E-state index in [4.69, 9.17) is 4.74 Å².